The van der Waals surface area contributed by atoms with Crippen LogP contribution in [0.15, 0.2) is 103 Å². The molecule has 0 N–H and O–H groups in total. The molecule has 0 aromatic heterocycles. The summed E-state index contributed by atoms with van der Waals surface area (Å²) in [6, 6.07) is 31.4. The van der Waals surface area contributed by atoms with E-state index in [2.05, 4.69) is 86.3 Å². The van der Waals surface area contributed by atoms with E-state index < -0.39 is 14.6 Å². The van der Waals surface area contributed by atoms with Crippen molar-refractivity contribution in [3.63, 3.8) is 0 Å². The molecule has 25 heavy (non-hydrogen) atoms. The maximum atomic E-state index is 6.86. The summed E-state index contributed by atoms with van der Waals surface area (Å²) >= 11 is 0. The second-order valence-electron chi connectivity index (χ2n) is 6.34. The van der Waals surface area contributed by atoms with Crippen molar-refractivity contribution in [2.24, 2.45) is 0 Å². The summed E-state index contributed by atoms with van der Waals surface area (Å²) in [5.41, 5.74) is 1.62. The second kappa shape index (κ2) is 7.64. The molecule has 1 atom stereocenters. The fraction of sp³-hybridized carbons (Fsp3) is 0.130. The molecule has 0 aliphatic carbocycles. The van der Waals surface area contributed by atoms with Crippen molar-refractivity contribution in [3.05, 3.63) is 109 Å². The summed E-state index contributed by atoms with van der Waals surface area (Å²) < 4.78 is 6.86. The van der Waals surface area contributed by atoms with Gasteiger partial charge in [0.2, 0.25) is 0 Å². The third-order valence-electron chi connectivity index (χ3n) is 4.52. The highest BCUT2D eigenvalue weighted by atomic mass is 28.3. The van der Waals surface area contributed by atoms with Gasteiger partial charge in [0, 0.05) is 0 Å². The number of hydrogen-bond donors (Lipinski definition) is 0. The van der Waals surface area contributed by atoms with Gasteiger partial charge in [0.1, 0.15) is 5.60 Å². The number of hydrogen-bond acceptors (Lipinski definition) is 1. The van der Waals surface area contributed by atoms with Gasteiger partial charge >= 0.3 is 0 Å². The largest absolute Gasteiger partial charge is 0.394 e. The second-order valence-corrected chi connectivity index (χ2v) is 8.36. The quantitative estimate of drug-likeness (QED) is 0.479. The predicted molar refractivity (Wildman–Crippen MR) is 108 cm³/mol. The first-order valence-corrected chi connectivity index (χ1v) is 9.90. The molecule has 3 aromatic carbocycles. The molecule has 125 valence electrons. The number of benzene rings is 3. The SMILES string of the molecule is C=C(C)C(C)(O[Si](c1ccccc1)c1ccccc1)c1ccccc1. The lowest BCUT2D eigenvalue weighted by atomic mass is 9.90. The van der Waals surface area contributed by atoms with Crippen LogP contribution in [0.1, 0.15) is 19.4 Å². The molecule has 3 aromatic rings. The molecular formula is C23H23OSi. The molecule has 0 aliphatic heterocycles. The van der Waals surface area contributed by atoms with Gasteiger partial charge in [-0.2, -0.15) is 0 Å². The molecule has 1 radical (unpaired) electrons. The van der Waals surface area contributed by atoms with Gasteiger partial charge in [-0.1, -0.05) is 97.6 Å². The Bertz CT molecular complexity index is 775. The molecule has 2 heteroatoms. The molecule has 0 amide bonds. The van der Waals surface area contributed by atoms with E-state index in [0.29, 0.717) is 0 Å². The van der Waals surface area contributed by atoms with E-state index in [0.717, 1.165) is 11.1 Å². The summed E-state index contributed by atoms with van der Waals surface area (Å²) in [5.74, 6) is 0. The van der Waals surface area contributed by atoms with E-state index in [-0.39, 0.29) is 0 Å². The monoisotopic (exact) mass is 343 g/mol. The molecule has 0 heterocycles. The molecule has 0 saturated heterocycles. The van der Waals surface area contributed by atoms with Crippen LogP contribution in [0, 0.1) is 0 Å². The highest BCUT2D eigenvalue weighted by Gasteiger charge is 2.34. The van der Waals surface area contributed by atoms with Crippen molar-refractivity contribution in [2.75, 3.05) is 0 Å². The van der Waals surface area contributed by atoms with Crippen LogP contribution < -0.4 is 10.4 Å². The highest BCUT2D eigenvalue weighted by molar-refractivity contribution is 6.80. The Morgan fingerprint density at radius 1 is 0.760 bits per heavy atom. The van der Waals surface area contributed by atoms with Crippen molar-refractivity contribution in [3.8, 4) is 0 Å². The summed E-state index contributed by atoms with van der Waals surface area (Å²) in [7, 11) is -1.41. The minimum absolute atomic E-state index is 0.527. The van der Waals surface area contributed by atoms with Gasteiger partial charge < -0.3 is 4.43 Å². The summed E-state index contributed by atoms with van der Waals surface area (Å²) in [4.78, 5) is 0. The van der Waals surface area contributed by atoms with Crippen LogP contribution in [0.3, 0.4) is 0 Å². The maximum absolute atomic E-state index is 6.86. The standard InChI is InChI=1S/C23H23OSi/c1-19(2)23(3,20-13-7-4-8-14-20)24-25(21-15-9-5-10-16-21)22-17-11-6-12-18-22/h4-18H,1H2,2-3H3. The van der Waals surface area contributed by atoms with Crippen molar-refractivity contribution in [1.82, 2.24) is 0 Å². The predicted octanol–water partition coefficient (Wildman–Crippen LogP) is 4.30. The first-order valence-electron chi connectivity index (χ1n) is 8.49. The minimum atomic E-state index is -1.41. The number of rotatable bonds is 6. The molecule has 0 aliphatic rings. The zero-order chi connectivity index (χ0) is 17.7. The van der Waals surface area contributed by atoms with Gasteiger partial charge in [-0.3, -0.25) is 0 Å². The lowest BCUT2D eigenvalue weighted by molar-refractivity contribution is 0.133. The Hall–Kier alpha value is -2.42. The fourth-order valence-corrected chi connectivity index (χ4v) is 5.08. The Labute approximate surface area is 152 Å². The van der Waals surface area contributed by atoms with Gasteiger partial charge in [0.05, 0.1) is 0 Å². The van der Waals surface area contributed by atoms with Crippen LogP contribution in [-0.4, -0.2) is 9.04 Å². The average Bonchev–Trinajstić information content (AvgIpc) is 2.68. The van der Waals surface area contributed by atoms with Crippen LogP contribution in [0.4, 0.5) is 0 Å². The molecule has 0 saturated carbocycles. The zero-order valence-corrected chi connectivity index (χ0v) is 15.8. The topological polar surface area (TPSA) is 9.23 Å². The van der Waals surface area contributed by atoms with E-state index in [1.165, 1.54) is 10.4 Å². The molecule has 0 fully saturated rings. The third-order valence-corrected chi connectivity index (χ3v) is 6.84. The smallest absolute Gasteiger partial charge is 0.284 e. The van der Waals surface area contributed by atoms with Gasteiger partial charge in [0.15, 0.2) is 0 Å². The van der Waals surface area contributed by atoms with Crippen LogP contribution in [0.2, 0.25) is 0 Å². The van der Waals surface area contributed by atoms with Gasteiger partial charge in [-0.25, -0.2) is 0 Å². The van der Waals surface area contributed by atoms with Crippen molar-refractivity contribution in [2.45, 2.75) is 19.4 Å². The van der Waals surface area contributed by atoms with Crippen molar-refractivity contribution in [1.29, 1.82) is 0 Å². The van der Waals surface area contributed by atoms with Gasteiger partial charge in [-0.05, 0) is 35.4 Å². The van der Waals surface area contributed by atoms with E-state index in [1.807, 2.05) is 25.1 Å². The van der Waals surface area contributed by atoms with Crippen LogP contribution in [0.25, 0.3) is 0 Å². The Morgan fingerprint density at radius 2 is 1.16 bits per heavy atom. The molecule has 1 unspecified atom stereocenters. The molecular weight excluding hydrogens is 320 g/mol. The highest BCUT2D eigenvalue weighted by Crippen LogP contribution is 2.32. The maximum Gasteiger partial charge on any atom is 0.284 e. The molecule has 1 nitrogen and oxygen atoms in total. The van der Waals surface area contributed by atoms with E-state index >= 15 is 0 Å². The minimum Gasteiger partial charge on any atom is -0.394 e. The lowest BCUT2D eigenvalue weighted by Crippen LogP contribution is -2.50. The van der Waals surface area contributed by atoms with E-state index in [1.54, 1.807) is 0 Å². The summed E-state index contributed by atoms with van der Waals surface area (Å²) in [6.45, 7) is 8.41. The first kappa shape index (κ1) is 17.4. The lowest BCUT2D eigenvalue weighted by Gasteiger charge is -2.35. The summed E-state index contributed by atoms with van der Waals surface area (Å²) in [5, 5.41) is 2.48. The van der Waals surface area contributed by atoms with Crippen LogP contribution in [0.5, 0.6) is 0 Å². The molecule has 0 bridgehead atoms. The van der Waals surface area contributed by atoms with E-state index in [4.69, 9.17) is 4.43 Å². The fourth-order valence-electron chi connectivity index (χ4n) is 2.82. The van der Waals surface area contributed by atoms with Crippen LogP contribution >= 0.6 is 0 Å². The van der Waals surface area contributed by atoms with Crippen molar-refractivity contribution >= 4 is 19.4 Å². The van der Waals surface area contributed by atoms with Crippen LogP contribution in [-0.2, 0) is 10.0 Å². The Morgan fingerprint density at radius 3 is 1.56 bits per heavy atom. The summed E-state index contributed by atoms with van der Waals surface area (Å²) in [6.07, 6.45) is 0. The van der Waals surface area contributed by atoms with Crippen molar-refractivity contribution < 1.29 is 4.43 Å². The van der Waals surface area contributed by atoms with Gasteiger partial charge in [-0.15, -0.1) is 0 Å². The average molecular weight is 344 g/mol. The normalized spacial score (nSPS) is 13.4. The van der Waals surface area contributed by atoms with Gasteiger partial charge in [0.25, 0.3) is 9.04 Å². The Balaban J connectivity index is 2.06. The Kier molecular flexibility index (Phi) is 5.32. The first-order chi connectivity index (χ1) is 12.1. The van der Waals surface area contributed by atoms with E-state index in [9.17, 15) is 0 Å². The zero-order valence-electron chi connectivity index (χ0n) is 14.8. The molecule has 3 rings (SSSR count). The molecule has 0 spiro atoms. The third kappa shape index (κ3) is 3.81.